The van der Waals surface area contributed by atoms with E-state index >= 15 is 0 Å². The maximum absolute atomic E-state index is 12.9. The summed E-state index contributed by atoms with van der Waals surface area (Å²) in [7, 11) is 0. The Morgan fingerprint density at radius 1 is 1.07 bits per heavy atom. The van der Waals surface area contributed by atoms with E-state index in [2.05, 4.69) is 15.6 Å². The number of anilines is 2. The first kappa shape index (κ1) is 18.6. The van der Waals surface area contributed by atoms with Gasteiger partial charge in [-0.2, -0.15) is 0 Å². The van der Waals surface area contributed by atoms with E-state index in [1.54, 1.807) is 0 Å². The molecule has 5 rings (SSSR count). The Kier molecular flexibility index (Phi) is 4.62. The van der Waals surface area contributed by atoms with Gasteiger partial charge < -0.3 is 15.5 Å². The number of amides is 3. The molecule has 0 bridgehead atoms. The normalized spacial score (nSPS) is 18.9. The summed E-state index contributed by atoms with van der Waals surface area (Å²) in [5, 5.41) is 7.03. The molecule has 0 radical (unpaired) electrons. The molecule has 6 nitrogen and oxygen atoms in total. The first-order chi connectivity index (χ1) is 14.6. The number of piperidine rings is 1. The molecule has 3 aromatic rings. The van der Waals surface area contributed by atoms with Gasteiger partial charge in [-0.05, 0) is 49.4 Å². The lowest BCUT2D eigenvalue weighted by atomic mass is 9.81. The average Bonchev–Trinajstić information content (AvgIpc) is 3.10. The Bertz CT molecular complexity index is 1140. The van der Waals surface area contributed by atoms with Gasteiger partial charge in [-0.3, -0.25) is 9.78 Å². The van der Waals surface area contributed by atoms with Crippen molar-refractivity contribution in [2.75, 3.05) is 23.7 Å². The van der Waals surface area contributed by atoms with Crippen LogP contribution in [-0.4, -0.2) is 34.9 Å². The highest BCUT2D eigenvalue weighted by molar-refractivity contribution is 6.03. The van der Waals surface area contributed by atoms with Crippen LogP contribution in [0.3, 0.4) is 0 Å². The predicted octanol–water partition coefficient (Wildman–Crippen LogP) is 4.52. The lowest BCUT2D eigenvalue weighted by Gasteiger charge is -2.34. The van der Waals surface area contributed by atoms with Gasteiger partial charge in [-0.15, -0.1) is 0 Å². The van der Waals surface area contributed by atoms with Gasteiger partial charge in [0.05, 0.1) is 17.1 Å². The van der Waals surface area contributed by atoms with E-state index in [9.17, 15) is 9.59 Å². The SMILES string of the molecule is Cc1ccc2cccc(NC(=O)N3CCC(C4C(=O)Nc5ccccc54)CC3)c2n1. The van der Waals surface area contributed by atoms with Gasteiger partial charge in [0, 0.05) is 29.9 Å². The van der Waals surface area contributed by atoms with E-state index in [1.807, 2.05) is 66.4 Å². The molecule has 0 aliphatic carbocycles. The average molecular weight is 400 g/mol. The number of nitrogens with one attached hydrogen (secondary N) is 2. The van der Waals surface area contributed by atoms with Crippen LogP contribution < -0.4 is 10.6 Å². The lowest BCUT2D eigenvalue weighted by Crippen LogP contribution is -2.42. The fourth-order valence-corrected chi connectivity index (χ4v) is 4.68. The minimum atomic E-state index is -0.114. The van der Waals surface area contributed by atoms with Crippen LogP contribution >= 0.6 is 0 Å². The van der Waals surface area contributed by atoms with Crippen LogP contribution in [0, 0.1) is 12.8 Å². The maximum atomic E-state index is 12.9. The third-order valence-electron chi connectivity index (χ3n) is 6.24. The number of rotatable bonds is 2. The molecule has 2 N–H and O–H groups in total. The van der Waals surface area contributed by atoms with E-state index in [0.717, 1.165) is 46.4 Å². The fraction of sp³-hybridized carbons (Fsp3) is 0.292. The Labute approximate surface area is 175 Å². The molecule has 1 saturated heterocycles. The number of nitrogens with zero attached hydrogens (tertiary/aromatic N) is 2. The van der Waals surface area contributed by atoms with Gasteiger partial charge in [0.15, 0.2) is 0 Å². The summed E-state index contributed by atoms with van der Waals surface area (Å²) in [4.78, 5) is 31.8. The number of para-hydroxylation sites is 2. The highest BCUT2D eigenvalue weighted by atomic mass is 16.2. The third-order valence-corrected chi connectivity index (χ3v) is 6.24. The second kappa shape index (κ2) is 7.44. The standard InChI is InChI=1S/C24H24N4O2/c1-15-9-10-17-5-4-8-20(22(17)25-15)27-24(30)28-13-11-16(12-14-28)21-18-6-2-3-7-19(18)26-23(21)29/h2-10,16,21H,11-14H2,1H3,(H,26,29)(H,27,30). The molecular formula is C24H24N4O2. The Morgan fingerprint density at radius 3 is 2.70 bits per heavy atom. The molecule has 1 atom stereocenters. The van der Waals surface area contributed by atoms with Crippen molar-refractivity contribution >= 4 is 34.2 Å². The maximum Gasteiger partial charge on any atom is 0.321 e. The summed E-state index contributed by atoms with van der Waals surface area (Å²) in [5.74, 6) is 0.215. The molecular weight excluding hydrogens is 376 g/mol. The number of likely N-dealkylation sites (tertiary alicyclic amines) is 1. The molecule has 1 fully saturated rings. The van der Waals surface area contributed by atoms with Crippen LogP contribution in [0.25, 0.3) is 10.9 Å². The molecule has 3 amide bonds. The zero-order valence-electron chi connectivity index (χ0n) is 16.9. The molecule has 152 valence electrons. The van der Waals surface area contributed by atoms with Crippen molar-refractivity contribution in [3.63, 3.8) is 0 Å². The van der Waals surface area contributed by atoms with Crippen molar-refractivity contribution in [2.45, 2.75) is 25.7 Å². The smallest absolute Gasteiger partial charge is 0.321 e. The van der Waals surface area contributed by atoms with Gasteiger partial charge in [0.25, 0.3) is 0 Å². The van der Waals surface area contributed by atoms with Gasteiger partial charge >= 0.3 is 6.03 Å². The number of hydrogen-bond acceptors (Lipinski definition) is 3. The molecule has 6 heteroatoms. The molecule has 3 heterocycles. The molecule has 2 aliphatic heterocycles. The second-order valence-corrected chi connectivity index (χ2v) is 8.14. The molecule has 2 aliphatic rings. The lowest BCUT2D eigenvalue weighted by molar-refractivity contribution is -0.118. The minimum absolute atomic E-state index is 0.0799. The van der Waals surface area contributed by atoms with Crippen molar-refractivity contribution in [3.05, 3.63) is 65.9 Å². The predicted molar refractivity (Wildman–Crippen MR) is 118 cm³/mol. The highest BCUT2D eigenvalue weighted by Crippen LogP contribution is 2.41. The van der Waals surface area contributed by atoms with E-state index < -0.39 is 0 Å². The van der Waals surface area contributed by atoms with Crippen molar-refractivity contribution in [1.82, 2.24) is 9.88 Å². The topological polar surface area (TPSA) is 74.3 Å². The Balaban J connectivity index is 1.27. The van der Waals surface area contributed by atoms with Crippen LogP contribution in [0.5, 0.6) is 0 Å². The number of benzene rings is 2. The Morgan fingerprint density at radius 2 is 1.87 bits per heavy atom. The van der Waals surface area contributed by atoms with Crippen molar-refractivity contribution < 1.29 is 9.59 Å². The quantitative estimate of drug-likeness (QED) is 0.664. The number of urea groups is 1. The zero-order chi connectivity index (χ0) is 20.7. The van der Waals surface area contributed by atoms with Gasteiger partial charge in [0.2, 0.25) is 5.91 Å². The highest BCUT2D eigenvalue weighted by Gasteiger charge is 2.38. The van der Waals surface area contributed by atoms with E-state index in [-0.39, 0.29) is 23.8 Å². The van der Waals surface area contributed by atoms with Crippen LogP contribution in [0.2, 0.25) is 0 Å². The molecule has 1 unspecified atom stereocenters. The number of hydrogen-bond donors (Lipinski definition) is 2. The molecule has 0 spiro atoms. The zero-order valence-corrected chi connectivity index (χ0v) is 16.9. The summed E-state index contributed by atoms with van der Waals surface area (Å²) in [6.45, 7) is 3.22. The summed E-state index contributed by atoms with van der Waals surface area (Å²) < 4.78 is 0. The summed E-state index contributed by atoms with van der Waals surface area (Å²) in [6, 6.07) is 17.6. The van der Waals surface area contributed by atoms with E-state index in [0.29, 0.717) is 13.1 Å². The summed E-state index contributed by atoms with van der Waals surface area (Å²) in [6.07, 6.45) is 1.62. The van der Waals surface area contributed by atoms with Gasteiger partial charge in [-0.25, -0.2) is 4.79 Å². The Hall–Kier alpha value is -3.41. The number of fused-ring (bicyclic) bond motifs is 2. The molecule has 1 aromatic heterocycles. The number of aryl methyl sites for hydroxylation is 1. The monoisotopic (exact) mass is 400 g/mol. The first-order valence-electron chi connectivity index (χ1n) is 10.4. The summed E-state index contributed by atoms with van der Waals surface area (Å²) >= 11 is 0. The summed E-state index contributed by atoms with van der Waals surface area (Å²) in [5.41, 5.74) is 4.46. The van der Waals surface area contributed by atoms with Crippen LogP contribution in [-0.2, 0) is 4.79 Å². The minimum Gasteiger partial charge on any atom is -0.325 e. The third kappa shape index (κ3) is 3.28. The molecule has 2 aromatic carbocycles. The first-order valence-corrected chi connectivity index (χ1v) is 10.4. The fourth-order valence-electron chi connectivity index (χ4n) is 4.68. The van der Waals surface area contributed by atoms with Crippen LogP contribution in [0.1, 0.15) is 30.0 Å². The van der Waals surface area contributed by atoms with Crippen molar-refractivity contribution in [2.24, 2.45) is 5.92 Å². The van der Waals surface area contributed by atoms with E-state index in [4.69, 9.17) is 0 Å². The van der Waals surface area contributed by atoms with Gasteiger partial charge in [-0.1, -0.05) is 36.4 Å². The number of aromatic nitrogens is 1. The van der Waals surface area contributed by atoms with Crippen LogP contribution in [0.4, 0.5) is 16.2 Å². The van der Waals surface area contributed by atoms with Crippen molar-refractivity contribution in [3.8, 4) is 0 Å². The largest absolute Gasteiger partial charge is 0.325 e. The molecule has 0 saturated carbocycles. The number of carbonyl (C=O) groups excluding carboxylic acids is 2. The number of carbonyl (C=O) groups is 2. The molecule has 30 heavy (non-hydrogen) atoms. The second-order valence-electron chi connectivity index (χ2n) is 8.14. The van der Waals surface area contributed by atoms with Crippen molar-refractivity contribution in [1.29, 1.82) is 0 Å². The van der Waals surface area contributed by atoms with Crippen LogP contribution in [0.15, 0.2) is 54.6 Å². The van der Waals surface area contributed by atoms with Gasteiger partial charge in [0.1, 0.15) is 0 Å². The number of pyridine rings is 1. The van der Waals surface area contributed by atoms with E-state index in [1.165, 1.54) is 0 Å².